The number of aliphatic hydroxyl groups is 1. The summed E-state index contributed by atoms with van der Waals surface area (Å²) in [7, 11) is 0. The van der Waals surface area contributed by atoms with E-state index in [0.29, 0.717) is 6.54 Å². The van der Waals surface area contributed by atoms with Gasteiger partial charge in [0.15, 0.2) is 0 Å². The highest BCUT2D eigenvalue weighted by Gasteiger charge is 2.35. The fourth-order valence-corrected chi connectivity index (χ4v) is 1.69. The van der Waals surface area contributed by atoms with E-state index in [1.165, 1.54) is 0 Å². The predicted octanol–water partition coefficient (Wildman–Crippen LogP) is 0.520. The van der Waals surface area contributed by atoms with E-state index in [0.717, 1.165) is 12.8 Å². The topological polar surface area (TPSA) is 69.6 Å². The second-order valence-corrected chi connectivity index (χ2v) is 5.93. The third kappa shape index (κ3) is 3.98. The number of carbonyl (C=O) groups excluding carboxylic acids is 2. The second kappa shape index (κ2) is 5.69. The number of carbonyl (C=O) groups is 2. The molecular formula is C13H24N2O3. The molecular weight excluding hydrogens is 232 g/mol. The number of nitrogens with zero attached hydrogens (tertiary/aromatic N) is 1. The summed E-state index contributed by atoms with van der Waals surface area (Å²) in [4.78, 5) is 25.7. The monoisotopic (exact) mass is 256 g/mol. The van der Waals surface area contributed by atoms with E-state index < -0.39 is 11.5 Å². The van der Waals surface area contributed by atoms with Gasteiger partial charge in [-0.1, -0.05) is 20.8 Å². The molecule has 0 bridgehead atoms. The summed E-state index contributed by atoms with van der Waals surface area (Å²) < 4.78 is 0. The van der Waals surface area contributed by atoms with Crippen molar-refractivity contribution < 1.29 is 14.7 Å². The van der Waals surface area contributed by atoms with Crippen molar-refractivity contribution in [3.05, 3.63) is 0 Å². The van der Waals surface area contributed by atoms with Crippen molar-refractivity contribution in [3.8, 4) is 0 Å². The molecule has 0 heterocycles. The van der Waals surface area contributed by atoms with E-state index in [1.54, 1.807) is 11.8 Å². The molecule has 0 radical (unpaired) electrons. The minimum Gasteiger partial charge on any atom is -0.395 e. The molecule has 0 aromatic carbocycles. The number of nitrogens with one attached hydrogen (secondary N) is 1. The van der Waals surface area contributed by atoms with Gasteiger partial charge in [0, 0.05) is 18.0 Å². The van der Waals surface area contributed by atoms with Crippen molar-refractivity contribution in [3.63, 3.8) is 0 Å². The molecule has 1 saturated carbocycles. The van der Waals surface area contributed by atoms with E-state index in [4.69, 9.17) is 5.11 Å². The zero-order valence-electron chi connectivity index (χ0n) is 11.7. The lowest BCUT2D eigenvalue weighted by molar-refractivity contribution is -0.138. The third-order valence-electron chi connectivity index (χ3n) is 3.01. The molecule has 2 N–H and O–H groups in total. The molecule has 0 aliphatic heterocycles. The number of aliphatic hydroxyl groups excluding tert-OH is 1. The maximum absolute atomic E-state index is 12.2. The molecule has 1 unspecified atom stereocenters. The lowest BCUT2D eigenvalue weighted by Crippen LogP contribution is -2.50. The summed E-state index contributed by atoms with van der Waals surface area (Å²) in [6.45, 7) is 7.43. The summed E-state index contributed by atoms with van der Waals surface area (Å²) in [6.07, 6.45) is 1.98. The number of hydrogen-bond acceptors (Lipinski definition) is 3. The molecule has 0 spiro atoms. The Morgan fingerprint density at radius 3 is 2.33 bits per heavy atom. The summed E-state index contributed by atoms with van der Waals surface area (Å²) in [5, 5.41) is 11.7. The molecule has 1 atom stereocenters. The van der Waals surface area contributed by atoms with Crippen LogP contribution in [0.25, 0.3) is 0 Å². The van der Waals surface area contributed by atoms with Crippen molar-refractivity contribution in [2.24, 2.45) is 5.41 Å². The minimum atomic E-state index is -0.538. The lowest BCUT2D eigenvalue weighted by Gasteiger charge is -2.27. The van der Waals surface area contributed by atoms with Crippen LogP contribution in [0.5, 0.6) is 0 Å². The molecule has 5 nitrogen and oxygen atoms in total. The van der Waals surface area contributed by atoms with Gasteiger partial charge in [-0.3, -0.25) is 9.59 Å². The quantitative estimate of drug-likeness (QED) is 0.753. The molecule has 0 saturated heterocycles. The van der Waals surface area contributed by atoms with Gasteiger partial charge >= 0.3 is 0 Å². The number of amides is 2. The molecule has 18 heavy (non-hydrogen) atoms. The smallest absolute Gasteiger partial charge is 0.245 e. The minimum absolute atomic E-state index is 0.0395. The van der Waals surface area contributed by atoms with Crippen LogP contribution in [0.15, 0.2) is 0 Å². The van der Waals surface area contributed by atoms with Crippen LogP contribution < -0.4 is 5.32 Å². The Morgan fingerprint density at radius 1 is 1.39 bits per heavy atom. The van der Waals surface area contributed by atoms with E-state index in [2.05, 4.69) is 5.32 Å². The van der Waals surface area contributed by atoms with E-state index >= 15 is 0 Å². The fourth-order valence-electron chi connectivity index (χ4n) is 1.69. The van der Waals surface area contributed by atoms with Crippen molar-refractivity contribution in [1.82, 2.24) is 10.2 Å². The van der Waals surface area contributed by atoms with E-state index in [9.17, 15) is 9.59 Å². The van der Waals surface area contributed by atoms with Gasteiger partial charge in [-0.25, -0.2) is 0 Å². The van der Waals surface area contributed by atoms with Crippen LogP contribution >= 0.6 is 0 Å². The van der Waals surface area contributed by atoms with Gasteiger partial charge in [-0.15, -0.1) is 0 Å². The largest absolute Gasteiger partial charge is 0.395 e. The molecule has 0 aromatic rings. The standard InChI is InChI=1S/C13H24N2O3/c1-9(14-12(18)13(2,3)4)11(17)15(7-8-16)10-5-6-10/h9-10,16H,5-8H2,1-4H3,(H,14,18). The Morgan fingerprint density at radius 2 is 1.94 bits per heavy atom. The summed E-state index contributed by atoms with van der Waals surface area (Å²) in [5.74, 6) is -0.243. The first-order valence-corrected chi connectivity index (χ1v) is 6.49. The van der Waals surface area contributed by atoms with Crippen LogP contribution in [0.3, 0.4) is 0 Å². The van der Waals surface area contributed by atoms with Crippen LogP contribution in [0.1, 0.15) is 40.5 Å². The zero-order valence-corrected chi connectivity index (χ0v) is 11.7. The molecule has 0 aromatic heterocycles. The van der Waals surface area contributed by atoms with Gasteiger partial charge in [0.2, 0.25) is 11.8 Å². The highest BCUT2D eigenvalue weighted by molar-refractivity contribution is 5.89. The molecule has 5 heteroatoms. The maximum atomic E-state index is 12.2. The van der Waals surface area contributed by atoms with Crippen LogP contribution in [-0.2, 0) is 9.59 Å². The van der Waals surface area contributed by atoms with E-state index in [1.807, 2.05) is 20.8 Å². The fraction of sp³-hybridized carbons (Fsp3) is 0.846. The molecule has 1 rings (SSSR count). The Kier molecular flexibility index (Phi) is 4.73. The van der Waals surface area contributed by atoms with Gasteiger partial charge in [-0.05, 0) is 19.8 Å². The normalized spacial score (nSPS) is 17.2. The van der Waals surface area contributed by atoms with Gasteiger partial charge in [-0.2, -0.15) is 0 Å². The van der Waals surface area contributed by atoms with Crippen molar-refractivity contribution >= 4 is 11.8 Å². The predicted molar refractivity (Wildman–Crippen MR) is 68.9 cm³/mol. The van der Waals surface area contributed by atoms with Crippen LogP contribution in [0, 0.1) is 5.41 Å². The zero-order chi connectivity index (χ0) is 13.9. The number of hydrogen-bond donors (Lipinski definition) is 2. The van der Waals surface area contributed by atoms with Gasteiger partial charge < -0.3 is 15.3 Å². The van der Waals surface area contributed by atoms with Crippen LogP contribution in [0.4, 0.5) is 0 Å². The average molecular weight is 256 g/mol. The summed E-state index contributed by atoms with van der Waals surface area (Å²) in [6, 6.07) is -0.289. The molecule has 1 aliphatic rings. The first kappa shape index (κ1) is 15.0. The Balaban J connectivity index is 2.56. The Labute approximate surface area is 109 Å². The lowest BCUT2D eigenvalue weighted by atomic mass is 9.95. The third-order valence-corrected chi connectivity index (χ3v) is 3.01. The highest BCUT2D eigenvalue weighted by atomic mass is 16.3. The summed E-state index contributed by atoms with van der Waals surface area (Å²) in [5.41, 5.74) is -0.504. The summed E-state index contributed by atoms with van der Waals surface area (Å²) >= 11 is 0. The Hall–Kier alpha value is -1.10. The molecule has 2 amide bonds. The SMILES string of the molecule is CC(NC(=O)C(C)(C)C)C(=O)N(CCO)C1CC1. The van der Waals surface area contributed by atoms with Gasteiger partial charge in [0.1, 0.15) is 6.04 Å². The highest BCUT2D eigenvalue weighted by Crippen LogP contribution is 2.27. The molecule has 104 valence electrons. The van der Waals surface area contributed by atoms with Gasteiger partial charge in [0.05, 0.1) is 6.61 Å². The average Bonchev–Trinajstić information content (AvgIpc) is 3.07. The first-order chi connectivity index (χ1) is 8.27. The maximum Gasteiger partial charge on any atom is 0.245 e. The second-order valence-electron chi connectivity index (χ2n) is 5.93. The van der Waals surface area contributed by atoms with E-state index in [-0.39, 0.29) is 24.5 Å². The van der Waals surface area contributed by atoms with Crippen molar-refractivity contribution in [2.75, 3.05) is 13.2 Å². The first-order valence-electron chi connectivity index (χ1n) is 6.49. The van der Waals surface area contributed by atoms with Crippen molar-refractivity contribution in [1.29, 1.82) is 0 Å². The van der Waals surface area contributed by atoms with Gasteiger partial charge in [0.25, 0.3) is 0 Å². The number of rotatable bonds is 5. The molecule has 1 fully saturated rings. The van der Waals surface area contributed by atoms with Crippen LogP contribution in [0.2, 0.25) is 0 Å². The van der Waals surface area contributed by atoms with Crippen molar-refractivity contribution in [2.45, 2.75) is 52.6 Å². The Bertz CT molecular complexity index is 319. The molecule has 1 aliphatic carbocycles. The van der Waals surface area contributed by atoms with Crippen LogP contribution in [-0.4, -0.2) is 47.1 Å².